The topological polar surface area (TPSA) is 77.3 Å². The minimum atomic E-state index is 0. The molecular formula is C126H78Cl2N6S12Zn4-8. The molecule has 24 heteroatoms. The fraction of sp³-hybridized carbons (Fsp3) is 0. The second-order valence-corrected chi connectivity index (χ2v) is 42.8. The van der Waals surface area contributed by atoms with Crippen LogP contribution in [0.2, 0.25) is 0 Å². The molecule has 27 aromatic rings. The quantitative estimate of drug-likeness (QED) is 0.0864. The molecule has 27 rings (SSSR count). The van der Waals surface area contributed by atoms with E-state index in [-0.39, 0.29) is 103 Å². The largest absolute Gasteiger partial charge is 1.00 e. The molecular weight excluding hydrogens is 2310 g/mol. The molecule has 0 atom stereocenters. The van der Waals surface area contributed by atoms with Crippen LogP contribution in [0.1, 0.15) is 0 Å². The van der Waals surface area contributed by atoms with Gasteiger partial charge in [0, 0.05) is 77.9 Å². The monoisotopic (exact) mass is 2380 g/mol. The number of aromatic nitrogens is 6. The Morgan fingerprint density at radius 3 is 0.467 bits per heavy atom. The van der Waals surface area contributed by atoms with Crippen LogP contribution in [-0.2, 0) is 154 Å². The van der Waals surface area contributed by atoms with Gasteiger partial charge in [0.15, 0.2) is 0 Å². The van der Waals surface area contributed by atoms with E-state index in [0.29, 0.717) is 0 Å². The van der Waals surface area contributed by atoms with Crippen molar-refractivity contribution in [2.45, 2.75) is 29.4 Å². The van der Waals surface area contributed by atoms with Gasteiger partial charge in [-0.15, -0.1) is 68.0 Å². The van der Waals surface area contributed by atoms with Crippen LogP contribution in [0.3, 0.4) is 0 Å². The fourth-order valence-corrected chi connectivity index (χ4v) is 24.9. The first-order valence-electron chi connectivity index (χ1n) is 46.4. The summed E-state index contributed by atoms with van der Waals surface area (Å²) in [6, 6.07) is 163. The van der Waals surface area contributed by atoms with Crippen LogP contribution in [0.5, 0.6) is 0 Å². The molecule has 6 aromatic heterocycles. The van der Waals surface area contributed by atoms with Crippen LogP contribution >= 0.6 is 68.0 Å². The smallest absolute Gasteiger partial charge is 0.123 e. The third-order valence-corrected chi connectivity index (χ3v) is 33.1. The van der Waals surface area contributed by atoms with Crippen LogP contribution in [0.15, 0.2) is 503 Å². The zero-order valence-corrected chi connectivity index (χ0v) is 103. The van der Waals surface area contributed by atoms with Crippen LogP contribution in [0.25, 0.3) is 224 Å². The van der Waals surface area contributed by atoms with Gasteiger partial charge in [0.25, 0.3) is 0 Å². The Balaban J connectivity index is 0.000000127. The number of halogens is 2. The van der Waals surface area contributed by atoms with Gasteiger partial charge in [0.2, 0.25) is 0 Å². The maximum Gasteiger partial charge on any atom is 0.123 e. The number of nitrogens with zero attached hydrogens (tertiary/aromatic N) is 6. The van der Waals surface area contributed by atoms with E-state index in [9.17, 15) is 0 Å². The molecule has 0 bridgehead atoms. The molecule has 0 amide bonds. The summed E-state index contributed by atoms with van der Waals surface area (Å²) in [6.07, 6.45) is 0. The minimum Gasteiger partial charge on any atom is -1.00 e. The van der Waals surface area contributed by atoms with Gasteiger partial charge in [0.1, 0.15) is 30.0 Å². The SMILES string of the molecule is [Cl-].[Cl-].[S-]c1ccc(-c2ccc3ccccc3c2)cc1-c1nc2ccccc2s1.[S-]c1ccc(-c2ccc3ccccc3c2)cc1-c1nc2ccccc2s1.[S-]c1ccc(-c2ccc3ccccc3c2)cc1-c1nc2ccccc2s1.[S-]c1ccc(-c2ccccc2)cc1-c1nc2ccccc2s1.[S-]c1ccc(-c2ccccc2)cc1-c1nc2ccccc2s1.[S-]c1ccc(-c2ccccc2)cc1-c1nc2ccccc2s1.[Zn].[Zn].[Zn].[Zn]. The number of fused-ring (bicyclic) bond motifs is 9. The molecule has 21 aromatic carbocycles. The molecule has 0 saturated heterocycles. The van der Waals surface area contributed by atoms with Crippen molar-refractivity contribution in [3.8, 4) is 130 Å². The molecule has 0 aliphatic carbocycles. The van der Waals surface area contributed by atoms with E-state index in [0.717, 1.165) is 126 Å². The van der Waals surface area contributed by atoms with Crippen molar-refractivity contribution in [1.82, 2.24) is 29.9 Å². The summed E-state index contributed by atoms with van der Waals surface area (Å²) in [7, 11) is 0. The molecule has 6 heterocycles. The normalized spacial score (nSPS) is 10.6. The first kappa shape index (κ1) is 111. The van der Waals surface area contributed by atoms with E-state index >= 15 is 0 Å². The van der Waals surface area contributed by atoms with Crippen molar-refractivity contribution >= 4 is 237 Å². The summed E-state index contributed by atoms with van der Waals surface area (Å²) < 4.78 is 7.14. The second kappa shape index (κ2) is 51.5. The number of thiazole rings is 6. The van der Waals surface area contributed by atoms with E-state index in [4.69, 9.17) is 106 Å². The third kappa shape index (κ3) is 25.5. The van der Waals surface area contributed by atoms with Crippen LogP contribution in [0, 0.1) is 0 Å². The molecule has 6 nitrogen and oxygen atoms in total. The Morgan fingerprint density at radius 2 is 0.280 bits per heavy atom. The molecule has 0 unspecified atom stereocenters. The minimum absolute atomic E-state index is 0. The maximum absolute atomic E-state index is 5.59. The molecule has 150 heavy (non-hydrogen) atoms. The second-order valence-electron chi connectivity index (χ2n) is 34.0. The van der Waals surface area contributed by atoms with E-state index < -0.39 is 0 Å². The van der Waals surface area contributed by atoms with Crippen LogP contribution in [0.4, 0.5) is 0 Å². The number of hydrogen-bond donors (Lipinski definition) is 0. The summed E-state index contributed by atoms with van der Waals surface area (Å²) in [5.74, 6) is 0. The predicted octanol–water partition coefficient (Wildman–Crippen LogP) is 30.7. The zero-order valence-electron chi connectivity index (χ0n) is 80.2. The van der Waals surface area contributed by atoms with Crippen molar-refractivity contribution in [1.29, 1.82) is 0 Å². The van der Waals surface area contributed by atoms with E-state index in [1.54, 1.807) is 68.0 Å². The Bertz CT molecular complexity index is 8340. The maximum atomic E-state index is 5.59. The van der Waals surface area contributed by atoms with E-state index in [1.807, 2.05) is 200 Å². The molecule has 0 saturated carbocycles. The summed E-state index contributed by atoms with van der Waals surface area (Å²) in [6.45, 7) is 0. The zero-order chi connectivity index (χ0) is 97.4. The average Bonchev–Trinajstić information content (AvgIpc) is 1.63. The first-order chi connectivity index (χ1) is 70.8. The van der Waals surface area contributed by atoms with Gasteiger partial charge < -0.3 is 101 Å². The summed E-state index contributed by atoms with van der Waals surface area (Å²) in [5.41, 5.74) is 26.6. The molecule has 0 N–H and O–H groups in total. The average molecular weight is 2390 g/mol. The van der Waals surface area contributed by atoms with E-state index in [2.05, 4.69) is 273 Å². The Kier molecular flexibility index (Phi) is 38.0. The summed E-state index contributed by atoms with van der Waals surface area (Å²) >= 11 is 43.5. The molecule has 714 valence electrons. The first-order valence-corrected chi connectivity index (χ1v) is 53.8. The Labute approximate surface area is 990 Å². The van der Waals surface area contributed by atoms with Gasteiger partial charge in [-0.25, -0.2) is 29.9 Å². The van der Waals surface area contributed by atoms with Crippen LogP contribution in [-0.4, -0.2) is 29.9 Å². The third-order valence-electron chi connectivity index (χ3n) is 24.6. The standard InChI is InChI=1S/3C23H15NS2.3C19H13NS2.2ClH.4Zn/c3*25-21-12-11-18(17-10-9-15-5-1-2-6-16(15)13-17)14-19(21)23-24-20-7-3-4-8-22(20)26-23;3*21-17-11-10-14(13-6-2-1-3-7-13)12-15(17)19-20-16-8-4-5-9-18(16)22-19;;;;;;/h3*1-14,25H;3*1-12,21H;2*1H;;;;/p-8. The van der Waals surface area contributed by atoms with Gasteiger partial charge in [0.05, 0.1) is 61.3 Å². The fourth-order valence-electron chi connectivity index (χ4n) is 17.2. The number of hydrogen-bond acceptors (Lipinski definition) is 18. The molecule has 0 aliphatic rings. The van der Waals surface area contributed by atoms with Crippen LogP contribution < -0.4 is 24.8 Å². The van der Waals surface area contributed by atoms with Crippen molar-refractivity contribution in [3.05, 3.63) is 473 Å². The summed E-state index contributed by atoms with van der Waals surface area (Å²) in [5, 5.41) is 13.4. The Hall–Kier alpha value is -11.9. The van der Waals surface area contributed by atoms with Crippen molar-refractivity contribution in [2.75, 3.05) is 0 Å². The molecule has 0 spiro atoms. The summed E-state index contributed by atoms with van der Waals surface area (Å²) in [4.78, 5) is 33.6. The number of rotatable bonds is 12. The van der Waals surface area contributed by atoms with Crippen molar-refractivity contribution < 1.29 is 103 Å². The predicted molar refractivity (Wildman–Crippen MR) is 629 cm³/mol. The van der Waals surface area contributed by atoms with Gasteiger partial charge in [-0.2, -0.15) is 29.4 Å². The van der Waals surface area contributed by atoms with E-state index in [1.165, 1.54) is 127 Å². The molecule has 0 fully saturated rings. The van der Waals surface area contributed by atoms with Gasteiger partial charge in [-0.1, -0.05) is 346 Å². The van der Waals surface area contributed by atoms with Gasteiger partial charge >= 0.3 is 0 Å². The molecule has 0 radical (unpaired) electrons. The number of para-hydroxylation sites is 6. The number of benzene rings is 21. The molecule has 0 aliphatic heterocycles. The van der Waals surface area contributed by atoms with Crippen molar-refractivity contribution in [3.63, 3.8) is 0 Å². The van der Waals surface area contributed by atoms with Gasteiger partial charge in [-0.3, -0.25) is 0 Å². The van der Waals surface area contributed by atoms with Crippen molar-refractivity contribution in [2.24, 2.45) is 0 Å². The Morgan fingerprint density at radius 1 is 0.133 bits per heavy atom. The van der Waals surface area contributed by atoms with Gasteiger partial charge in [-0.05, 0) is 260 Å².